The van der Waals surface area contributed by atoms with E-state index in [-0.39, 0.29) is 5.91 Å². The van der Waals surface area contributed by atoms with Gasteiger partial charge in [-0.15, -0.1) is 0 Å². The number of hydrogen-bond donors (Lipinski definition) is 0. The van der Waals surface area contributed by atoms with Crippen molar-refractivity contribution in [3.8, 4) is 5.75 Å². The minimum Gasteiger partial charge on any atom is -0.497 e. The van der Waals surface area contributed by atoms with Crippen molar-refractivity contribution in [3.05, 3.63) is 52.5 Å². The van der Waals surface area contributed by atoms with E-state index in [1.54, 1.807) is 19.1 Å². The summed E-state index contributed by atoms with van der Waals surface area (Å²) in [5.74, 6) is 2.27. The van der Waals surface area contributed by atoms with Gasteiger partial charge in [-0.3, -0.25) is 4.79 Å². The SMILES string of the molecule is COc1ccc(CN(C)C(=O)c2c(C)oc(C)c2C)cc1. The Hall–Kier alpha value is -2.23. The van der Waals surface area contributed by atoms with Gasteiger partial charge in [-0.2, -0.15) is 0 Å². The summed E-state index contributed by atoms with van der Waals surface area (Å²) in [6.07, 6.45) is 0. The summed E-state index contributed by atoms with van der Waals surface area (Å²) in [6, 6.07) is 7.71. The molecule has 0 saturated carbocycles. The number of carbonyl (C=O) groups is 1. The van der Waals surface area contributed by atoms with Crippen LogP contribution >= 0.6 is 0 Å². The lowest BCUT2D eigenvalue weighted by Crippen LogP contribution is -2.27. The fourth-order valence-corrected chi connectivity index (χ4v) is 2.38. The van der Waals surface area contributed by atoms with Crippen molar-refractivity contribution in [3.63, 3.8) is 0 Å². The van der Waals surface area contributed by atoms with Crippen LogP contribution in [0.25, 0.3) is 0 Å². The first-order valence-electron chi connectivity index (χ1n) is 6.89. The third-order valence-corrected chi connectivity index (χ3v) is 3.70. The second kappa shape index (κ2) is 6.04. The summed E-state index contributed by atoms with van der Waals surface area (Å²) in [5.41, 5.74) is 2.64. The van der Waals surface area contributed by atoms with Gasteiger partial charge in [0.1, 0.15) is 17.3 Å². The van der Waals surface area contributed by atoms with Crippen molar-refractivity contribution in [2.45, 2.75) is 27.3 Å². The lowest BCUT2D eigenvalue weighted by Gasteiger charge is -2.17. The molecule has 1 heterocycles. The van der Waals surface area contributed by atoms with Gasteiger partial charge in [-0.05, 0) is 38.5 Å². The van der Waals surface area contributed by atoms with Crippen LogP contribution in [0.1, 0.15) is 33.0 Å². The molecule has 0 saturated heterocycles. The van der Waals surface area contributed by atoms with Gasteiger partial charge in [0.15, 0.2) is 0 Å². The lowest BCUT2D eigenvalue weighted by molar-refractivity contribution is 0.0782. The molecule has 0 aliphatic carbocycles. The van der Waals surface area contributed by atoms with Gasteiger partial charge in [0.2, 0.25) is 0 Å². The number of furan rings is 1. The normalized spacial score (nSPS) is 10.5. The molecule has 1 amide bonds. The smallest absolute Gasteiger partial charge is 0.257 e. The second-order valence-electron chi connectivity index (χ2n) is 5.22. The number of ether oxygens (including phenoxy) is 1. The molecule has 0 unspecified atom stereocenters. The van der Waals surface area contributed by atoms with E-state index >= 15 is 0 Å². The molecule has 0 spiro atoms. The molecule has 4 nitrogen and oxygen atoms in total. The molecule has 2 rings (SSSR count). The molecule has 2 aromatic rings. The summed E-state index contributed by atoms with van der Waals surface area (Å²) in [6.45, 7) is 6.17. The van der Waals surface area contributed by atoms with Gasteiger partial charge >= 0.3 is 0 Å². The van der Waals surface area contributed by atoms with Crippen LogP contribution in [0.2, 0.25) is 0 Å². The summed E-state index contributed by atoms with van der Waals surface area (Å²) < 4.78 is 10.7. The van der Waals surface area contributed by atoms with Crippen molar-refractivity contribution in [2.75, 3.05) is 14.2 Å². The Morgan fingerprint density at radius 2 is 1.76 bits per heavy atom. The third-order valence-electron chi connectivity index (χ3n) is 3.70. The van der Waals surface area contributed by atoms with Crippen molar-refractivity contribution in [1.29, 1.82) is 0 Å². The standard InChI is InChI=1S/C17H21NO3/c1-11-12(2)21-13(3)16(11)17(19)18(4)10-14-6-8-15(20-5)9-7-14/h6-9H,10H2,1-5H3. The number of methoxy groups -OCH3 is 1. The van der Waals surface area contributed by atoms with Crippen molar-refractivity contribution < 1.29 is 13.9 Å². The molecule has 0 bridgehead atoms. The van der Waals surface area contributed by atoms with E-state index in [4.69, 9.17) is 9.15 Å². The molecule has 1 aromatic heterocycles. The van der Waals surface area contributed by atoms with Crippen molar-refractivity contribution in [2.24, 2.45) is 0 Å². The molecule has 4 heteroatoms. The van der Waals surface area contributed by atoms with E-state index in [1.807, 2.05) is 45.0 Å². The highest BCUT2D eigenvalue weighted by Crippen LogP contribution is 2.22. The summed E-state index contributed by atoms with van der Waals surface area (Å²) in [7, 11) is 3.44. The zero-order valence-electron chi connectivity index (χ0n) is 13.2. The van der Waals surface area contributed by atoms with E-state index < -0.39 is 0 Å². The molecule has 0 fully saturated rings. The van der Waals surface area contributed by atoms with Gasteiger partial charge in [0.05, 0.1) is 12.7 Å². The molecule has 0 aliphatic heterocycles. The summed E-state index contributed by atoms with van der Waals surface area (Å²) in [5, 5.41) is 0. The molecular formula is C17H21NO3. The minimum absolute atomic E-state index is 0.0160. The van der Waals surface area contributed by atoms with Gasteiger partial charge < -0.3 is 14.1 Å². The number of rotatable bonds is 4. The molecule has 112 valence electrons. The average molecular weight is 287 g/mol. The van der Waals surface area contributed by atoms with E-state index in [1.165, 1.54) is 0 Å². The fraction of sp³-hybridized carbons (Fsp3) is 0.353. The van der Waals surface area contributed by atoms with Crippen LogP contribution in [-0.4, -0.2) is 25.0 Å². The van der Waals surface area contributed by atoms with Crippen LogP contribution in [-0.2, 0) is 6.54 Å². The Bertz CT molecular complexity index is 641. The number of carbonyl (C=O) groups excluding carboxylic acids is 1. The quantitative estimate of drug-likeness (QED) is 0.864. The first kappa shape index (κ1) is 15.2. The number of benzene rings is 1. The Kier molecular flexibility index (Phi) is 4.36. The summed E-state index contributed by atoms with van der Waals surface area (Å²) in [4.78, 5) is 14.3. The van der Waals surface area contributed by atoms with Gasteiger partial charge in [-0.25, -0.2) is 0 Å². The lowest BCUT2D eigenvalue weighted by atomic mass is 10.1. The van der Waals surface area contributed by atoms with E-state index in [9.17, 15) is 4.79 Å². The van der Waals surface area contributed by atoms with Gasteiger partial charge in [-0.1, -0.05) is 12.1 Å². The van der Waals surface area contributed by atoms with Crippen LogP contribution in [0.4, 0.5) is 0 Å². The topological polar surface area (TPSA) is 42.7 Å². The van der Waals surface area contributed by atoms with Crippen LogP contribution in [0.3, 0.4) is 0 Å². The monoisotopic (exact) mass is 287 g/mol. The molecule has 0 atom stereocenters. The number of amides is 1. The van der Waals surface area contributed by atoms with Crippen molar-refractivity contribution >= 4 is 5.91 Å². The molecule has 0 aliphatic rings. The average Bonchev–Trinajstić information content (AvgIpc) is 2.72. The maximum absolute atomic E-state index is 12.6. The van der Waals surface area contributed by atoms with Crippen LogP contribution in [0.15, 0.2) is 28.7 Å². The molecule has 0 N–H and O–H groups in total. The van der Waals surface area contributed by atoms with Gasteiger partial charge in [0.25, 0.3) is 5.91 Å². The van der Waals surface area contributed by atoms with Gasteiger partial charge in [0, 0.05) is 19.2 Å². The van der Waals surface area contributed by atoms with E-state index in [0.29, 0.717) is 17.9 Å². The Morgan fingerprint density at radius 3 is 2.24 bits per heavy atom. The maximum atomic E-state index is 12.6. The highest BCUT2D eigenvalue weighted by atomic mass is 16.5. The number of hydrogen-bond acceptors (Lipinski definition) is 3. The Morgan fingerprint density at radius 1 is 1.14 bits per heavy atom. The maximum Gasteiger partial charge on any atom is 0.257 e. The number of aryl methyl sites for hydroxylation is 2. The van der Waals surface area contributed by atoms with Crippen LogP contribution < -0.4 is 4.74 Å². The molecule has 0 radical (unpaired) electrons. The first-order chi connectivity index (χ1) is 9.93. The zero-order valence-corrected chi connectivity index (χ0v) is 13.2. The highest BCUT2D eigenvalue weighted by molar-refractivity contribution is 5.96. The van der Waals surface area contributed by atoms with Crippen LogP contribution in [0, 0.1) is 20.8 Å². The third kappa shape index (κ3) is 3.10. The first-order valence-corrected chi connectivity index (χ1v) is 6.89. The predicted molar refractivity (Wildman–Crippen MR) is 81.7 cm³/mol. The minimum atomic E-state index is -0.0160. The highest BCUT2D eigenvalue weighted by Gasteiger charge is 2.21. The fourth-order valence-electron chi connectivity index (χ4n) is 2.38. The Balaban J connectivity index is 2.15. The van der Waals surface area contributed by atoms with Crippen LogP contribution in [0.5, 0.6) is 5.75 Å². The zero-order chi connectivity index (χ0) is 15.6. The summed E-state index contributed by atoms with van der Waals surface area (Å²) >= 11 is 0. The second-order valence-corrected chi connectivity index (χ2v) is 5.22. The molecular weight excluding hydrogens is 266 g/mol. The predicted octanol–water partition coefficient (Wildman–Crippen LogP) is 3.49. The van der Waals surface area contributed by atoms with E-state index in [0.717, 1.165) is 22.6 Å². The largest absolute Gasteiger partial charge is 0.497 e. The van der Waals surface area contributed by atoms with E-state index in [2.05, 4.69) is 0 Å². The molecule has 1 aromatic carbocycles. The molecule has 21 heavy (non-hydrogen) atoms. The van der Waals surface area contributed by atoms with Crippen molar-refractivity contribution in [1.82, 2.24) is 4.90 Å². The number of nitrogens with zero attached hydrogens (tertiary/aromatic N) is 1. The Labute approximate surface area is 125 Å².